The van der Waals surface area contributed by atoms with Gasteiger partial charge in [0, 0.05) is 30.8 Å². The van der Waals surface area contributed by atoms with Crippen molar-refractivity contribution in [3.05, 3.63) is 32.8 Å². The minimum atomic E-state index is -0.399. The molecule has 0 heterocycles. The summed E-state index contributed by atoms with van der Waals surface area (Å²) < 4.78 is 5.59. The normalized spacial score (nSPS) is 10.1. The van der Waals surface area contributed by atoms with Gasteiger partial charge in [0.25, 0.3) is 5.69 Å². The van der Waals surface area contributed by atoms with Crippen LogP contribution in [-0.2, 0) is 4.74 Å². The maximum absolute atomic E-state index is 10.8. The zero-order valence-corrected chi connectivity index (χ0v) is 10.5. The number of methoxy groups -OCH3 is 1. The van der Waals surface area contributed by atoms with Gasteiger partial charge >= 0.3 is 0 Å². The molecule has 0 unspecified atom stereocenters. The number of hydrogen-bond acceptors (Lipinski definition) is 4. The molecule has 88 valence electrons. The Morgan fingerprint density at radius 2 is 2.31 bits per heavy atom. The summed E-state index contributed by atoms with van der Waals surface area (Å²) in [6.45, 7) is 1.29. The lowest BCUT2D eigenvalue weighted by Crippen LogP contribution is -2.06. The molecule has 0 radical (unpaired) electrons. The van der Waals surface area contributed by atoms with Crippen molar-refractivity contribution in [2.24, 2.45) is 0 Å². The van der Waals surface area contributed by atoms with E-state index in [2.05, 4.69) is 21.2 Å². The van der Waals surface area contributed by atoms with Crippen LogP contribution in [0.5, 0.6) is 0 Å². The zero-order valence-electron chi connectivity index (χ0n) is 8.90. The number of anilines is 1. The van der Waals surface area contributed by atoms with Crippen LogP contribution in [-0.4, -0.2) is 25.2 Å². The topological polar surface area (TPSA) is 64.4 Å². The van der Waals surface area contributed by atoms with E-state index in [1.807, 2.05) is 0 Å². The molecule has 0 spiro atoms. The van der Waals surface area contributed by atoms with Gasteiger partial charge in [-0.05, 0) is 18.6 Å². The Hall–Kier alpha value is -1.14. The number of rotatable bonds is 6. The average molecular weight is 289 g/mol. The van der Waals surface area contributed by atoms with Crippen LogP contribution in [0.2, 0.25) is 0 Å². The number of ether oxygens (including phenoxy) is 1. The van der Waals surface area contributed by atoms with Crippen molar-refractivity contribution >= 4 is 27.3 Å². The molecule has 0 aromatic heterocycles. The van der Waals surface area contributed by atoms with Crippen molar-refractivity contribution in [3.8, 4) is 0 Å². The van der Waals surface area contributed by atoms with Gasteiger partial charge in [-0.25, -0.2) is 0 Å². The lowest BCUT2D eigenvalue weighted by atomic mass is 10.2. The molecule has 6 heteroatoms. The van der Waals surface area contributed by atoms with E-state index in [0.29, 0.717) is 23.3 Å². The van der Waals surface area contributed by atoms with Crippen LogP contribution in [0, 0.1) is 10.1 Å². The first-order valence-corrected chi connectivity index (χ1v) is 5.61. The third-order valence-corrected chi connectivity index (χ3v) is 2.49. The third kappa shape index (κ3) is 3.79. The van der Waals surface area contributed by atoms with Gasteiger partial charge in [-0.3, -0.25) is 10.1 Å². The number of nitrogens with one attached hydrogen (secondary N) is 1. The molecule has 1 aromatic carbocycles. The van der Waals surface area contributed by atoms with E-state index >= 15 is 0 Å². The summed E-state index contributed by atoms with van der Waals surface area (Å²) in [5.41, 5.74) is 0.607. The van der Waals surface area contributed by atoms with Crippen molar-refractivity contribution in [2.45, 2.75) is 6.42 Å². The summed E-state index contributed by atoms with van der Waals surface area (Å²) in [6, 6.07) is 4.94. The summed E-state index contributed by atoms with van der Waals surface area (Å²) in [5, 5.41) is 13.8. The number of nitro benzene ring substituents is 1. The molecule has 0 amide bonds. The molecular weight excluding hydrogens is 276 g/mol. The largest absolute Gasteiger partial charge is 0.385 e. The standard InChI is InChI=1S/C10H13BrN2O3/c1-16-6-2-5-12-9-4-3-8(11)7-10(9)13(14)15/h3-4,7,12H,2,5-6H2,1H3. The number of halogens is 1. The predicted molar refractivity (Wildman–Crippen MR) is 65.8 cm³/mol. The van der Waals surface area contributed by atoms with Crippen LogP contribution in [0.25, 0.3) is 0 Å². The molecule has 0 aliphatic rings. The van der Waals surface area contributed by atoms with Gasteiger partial charge in [0.05, 0.1) is 4.92 Å². The van der Waals surface area contributed by atoms with Crippen LogP contribution < -0.4 is 5.32 Å². The van der Waals surface area contributed by atoms with E-state index in [4.69, 9.17) is 4.74 Å². The molecule has 0 bridgehead atoms. The van der Waals surface area contributed by atoms with Gasteiger partial charge in [-0.1, -0.05) is 15.9 Å². The highest BCUT2D eigenvalue weighted by molar-refractivity contribution is 9.10. The van der Waals surface area contributed by atoms with Crippen molar-refractivity contribution < 1.29 is 9.66 Å². The highest BCUT2D eigenvalue weighted by Crippen LogP contribution is 2.27. The summed E-state index contributed by atoms with van der Waals surface area (Å²) in [4.78, 5) is 10.4. The fourth-order valence-corrected chi connectivity index (χ4v) is 1.59. The van der Waals surface area contributed by atoms with E-state index in [-0.39, 0.29) is 5.69 Å². The highest BCUT2D eigenvalue weighted by Gasteiger charge is 2.13. The molecular formula is C10H13BrN2O3. The van der Waals surface area contributed by atoms with Crippen molar-refractivity contribution in [1.29, 1.82) is 0 Å². The molecule has 0 saturated heterocycles. The van der Waals surface area contributed by atoms with Crippen molar-refractivity contribution in [3.63, 3.8) is 0 Å². The molecule has 5 nitrogen and oxygen atoms in total. The van der Waals surface area contributed by atoms with E-state index in [0.717, 1.165) is 6.42 Å². The lowest BCUT2D eigenvalue weighted by molar-refractivity contribution is -0.384. The average Bonchev–Trinajstić information content (AvgIpc) is 2.26. The lowest BCUT2D eigenvalue weighted by Gasteiger charge is -2.06. The van der Waals surface area contributed by atoms with E-state index in [1.165, 1.54) is 6.07 Å². The summed E-state index contributed by atoms with van der Waals surface area (Å²) in [7, 11) is 1.63. The fourth-order valence-electron chi connectivity index (χ4n) is 1.24. The van der Waals surface area contributed by atoms with Crippen molar-refractivity contribution in [2.75, 3.05) is 25.6 Å². The Balaban J connectivity index is 2.67. The van der Waals surface area contributed by atoms with Crippen molar-refractivity contribution in [1.82, 2.24) is 0 Å². The van der Waals surface area contributed by atoms with Crippen LogP contribution in [0.3, 0.4) is 0 Å². The molecule has 0 aliphatic heterocycles. The number of nitrogens with zero attached hydrogens (tertiary/aromatic N) is 1. The van der Waals surface area contributed by atoms with Gasteiger partial charge in [0.15, 0.2) is 0 Å². The van der Waals surface area contributed by atoms with Gasteiger partial charge in [-0.2, -0.15) is 0 Å². The first-order valence-electron chi connectivity index (χ1n) is 4.82. The van der Waals surface area contributed by atoms with Crippen LogP contribution in [0.4, 0.5) is 11.4 Å². The molecule has 0 saturated carbocycles. The Bertz CT molecular complexity index is 371. The second-order valence-corrected chi connectivity index (χ2v) is 4.11. The van der Waals surface area contributed by atoms with Gasteiger partial charge in [-0.15, -0.1) is 0 Å². The number of benzene rings is 1. The van der Waals surface area contributed by atoms with E-state index in [1.54, 1.807) is 19.2 Å². The Morgan fingerprint density at radius 3 is 2.94 bits per heavy atom. The summed E-state index contributed by atoms with van der Waals surface area (Å²) in [5.74, 6) is 0. The smallest absolute Gasteiger partial charge is 0.293 e. The first kappa shape index (κ1) is 12.9. The maximum Gasteiger partial charge on any atom is 0.293 e. The molecule has 1 N–H and O–H groups in total. The van der Waals surface area contributed by atoms with Gasteiger partial charge < -0.3 is 10.1 Å². The molecule has 1 aromatic rings. The highest BCUT2D eigenvalue weighted by atomic mass is 79.9. The molecule has 0 fully saturated rings. The molecule has 0 aliphatic carbocycles. The van der Waals surface area contributed by atoms with Crippen LogP contribution >= 0.6 is 15.9 Å². The van der Waals surface area contributed by atoms with Gasteiger partial charge in [0.1, 0.15) is 5.69 Å². The van der Waals surface area contributed by atoms with E-state index < -0.39 is 4.92 Å². The Labute approximate surface area is 102 Å². The first-order chi connectivity index (χ1) is 7.65. The minimum absolute atomic E-state index is 0.0757. The minimum Gasteiger partial charge on any atom is -0.385 e. The number of nitro groups is 1. The summed E-state index contributed by atoms with van der Waals surface area (Å²) in [6.07, 6.45) is 0.809. The monoisotopic (exact) mass is 288 g/mol. The van der Waals surface area contributed by atoms with E-state index in [9.17, 15) is 10.1 Å². The fraction of sp³-hybridized carbons (Fsp3) is 0.400. The Morgan fingerprint density at radius 1 is 1.56 bits per heavy atom. The van der Waals surface area contributed by atoms with Crippen LogP contribution in [0.15, 0.2) is 22.7 Å². The molecule has 0 atom stereocenters. The number of hydrogen-bond donors (Lipinski definition) is 1. The predicted octanol–water partition coefficient (Wildman–Crippen LogP) is 2.81. The van der Waals surface area contributed by atoms with Gasteiger partial charge in [0.2, 0.25) is 0 Å². The molecule has 1 rings (SSSR count). The third-order valence-electron chi connectivity index (χ3n) is 2.00. The quantitative estimate of drug-likeness (QED) is 0.497. The zero-order chi connectivity index (χ0) is 12.0. The molecule has 16 heavy (non-hydrogen) atoms. The SMILES string of the molecule is COCCCNc1ccc(Br)cc1[N+](=O)[O-]. The van der Waals surface area contributed by atoms with Crippen LogP contribution in [0.1, 0.15) is 6.42 Å². The second-order valence-electron chi connectivity index (χ2n) is 3.19. The Kier molecular flexibility index (Phi) is 5.21. The summed E-state index contributed by atoms with van der Waals surface area (Å²) >= 11 is 3.21. The maximum atomic E-state index is 10.8. The second kappa shape index (κ2) is 6.44.